The van der Waals surface area contributed by atoms with Gasteiger partial charge in [-0.05, 0) is 0 Å². The van der Waals surface area contributed by atoms with E-state index in [-0.39, 0.29) is 35.7 Å². The molecule has 276 valence electrons. The van der Waals surface area contributed by atoms with Crippen molar-refractivity contribution in [3.05, 3.63) is 218 Å². The number of benzene rings is 6. The molecule has 0 bridgehead atoms. The van der Waals surface area contributed by atoms with Gasteiger partial charge in [-0.3, -0.25) is 12.2 Å². The molecular weight excluding hydrogens is 910 g/mol. The van der Waals surface area contributed by atoms with Gasteiger partial charge in [-0.25, -0.2) is 24.3 Å². The van der Waals surface area contributed by atoms with Crippen molar-refractivity contribution < 1.29 is 71.5 Å². The van der Waals surface area contributed by atoms with Crippen molar-refractivity contribution in [2.45, 2.75) is 25.9 Å². The van der Waals surface area contributed by atoms with Crippen molar-refractivity contribution >= 4 is 64.3 Å². The summed E-state index contributed by atoms with van der Waals surface area (Å²) in [4.78, 5) is 0. The molecule has 8 aromatic carbocycles. The molecule has 2 aliphatic carbocycles. The van der Waals surface area contributed by atoms with Crippen molar-refractivity contribution in [3.63, 3.8) is 0 Å². The number of halogens is 2. The first-order valence-corrected chi connectivity index (χ1v) is 29.6. The second-order valence-electron chi connectivity index (χ2n) is 12.6. The third-order valence-corrected chi connectivity index (χ3v) is 15.3. The molecule has 0 nitrogen and oxygen atoms in total. The van der Waals surface area contributed by atoms with E-state index in [9.17, 15) is 0 Å². The standard InChI is InChI=1S/2C13H9.2C7H8Si.2C5H5.2ClH.2Zr/c2*1-3-7-12-10(5-1)9-11-6-2-4-8-13(11)12;2*1-8-7-5-3-2-4-6-7;2*1-2-4-5-3-1;;;;/h2*1-9H;2*2-6H,1H3;2*1-3H,4H2;2*1H;;/q2*-1;;;2*-1;;;2*+2/p-2. The molecule has 10 rings (SSSR count). The van der Waals surface area contributed by atoms with Gasteiger partial charge in [-0.2, -0.15) is 12.2 Å². The summed E-state index contributed by atoms with van der Waals surface area (Å²) in [5, 5.41) is 13.9. The van der Waals surface area contributed by atoms with Crippen LogP contribution in [0.3, 0.4) is 0 Å². The molecule has 2 aliphatic rings. The molecule has 0 saturated carbocycles. The fraction of sp³-hybridized carbons (Fsp3) is 0.0800. The van der Waals surface area contributed by atoms with Gasteiger partial charge >= 0.3 is 142 Å². The Morgan fingerprint density at radius 1 is 0.411 bits per heavy atom. The van der Waals surface area contributed by atoms with Crippen LogP contribution < -0.4 is 35.2 Å². The molecule has 0 fully saturated rings. The van der Waals surface area contributed by atoms with Gasteiger partial charge < -0.3 is 24.8 Å². The summed E-state index contributed by atoms with van der Waals surface area (Å²) in [6, 6.07) is 60.1. The topological polar surface area (TPSA) is 0 Å². The van der Waals surface area contributed by atoms with Crippen LogP contribution in [0.5, 0.6) is 0 Å². The molecule has 0 atom stereocenters. The molecule has 8 aromatic rings. The zero-order valence-electron chi connectivity index (χ0n) is 31.8. The quantitative estimate of drug-likeness (QED) is 0.144. The van der Waals surface area contributed by atoms with Gasteiger partial charge in [0.05, 0.1) is 0 Å². The second-order valence-corrected chi connectivity index (χ2v) is 27.3. The maximum absolute atomic E-state index is 2.99. The van der Waals surface area contributed by atoms with Crippen LogP contribution in [0.1, 0.15) is 12.8 Å². The zero-order chi connectivity index (χ0) is 37.8. The normalized spacial score (nSPS) is 11.2. The van der Waals surface area contributed by atoms with Gasteiger partial charge in [0.25, 0.3) is 0 Å². The number of rotatable bonds is 2. The van der Waals surface area contributed by atoms with E-state index in [1.54, 1.807) is 57.0 Å². The molecule has 56 heavy (non-hydrogen) atoms. The van der Waals surface area contributed by atoms with E-state index in [4.69, 9.17) is 0 Å². The molecule has 0 unspecified atom stereocenters. The van der Waals surface area contributed by atoms with Gasteiger partial charge in [0.15, 0.2) is 0 Å². The van der Waals surface area contributed by atoms with E-state index in [2.05, 4.69) is 207 Å². The molecule has 0 aliphatic heterocycles. The number of hydrogen-bond donors (Lipinski definition) is 0. The van der Waals surface area contributed by atoms with Crippen molar-refractivity contribution in [2.24, 2.45) is 0 Å². The number of allylic oxidation sites excluding steroid dienone is 8. The van der Waals surface area contributed by atoms with Crippen LogP contribution in [0, 0.1) is 12.2 Å². The Balaban J connectivity index is 0.000000185. The molecule has 0 N–H and O–H groups in total. The minimum atomic E-state index is -0.122. The Hall–Kier alpha value is -3.20. The third kappa shape index (κ3) is 15.3. The summed E-state index contributed by atoms with van der Waals surface area (Å²) < 4.78 is 0. The summed E-state index contributed by atoms with van der Waals surface area (Å²) in [6.45, 7) is 4.69. The van der Waals surface area contributed by atoms with Crippen LogP contribution in [0.2, 0.25) is 13.1 Å². The Morgan fingerprint density at radius 2 is 0.679 bits per heavy atom. The Labute approximate surface area is 376 Å². The third-order valence-electron chi connectivity index (χ3n) is 8.63. The van der Waals surface area contributed by atoms with E-state index in [0.717, 1.165) is 12.8 Å². The monoisotopic (exact) mass is 950 g/mol. The van der Waals surface area contributed by atoms with Crippen molar-refractivity contribution in [1.29, 1.82) is 0 Å². The van der Waals surface area contributed by atoms with Crippen LogP contribution in [0.25, 0.3) is 43.1 Å². The fourth-order valence-electron chi connectivity index (χ4n) is 5.86. The number of hydrogen-bond acceptors (Lipinski definition) is 0. The van der Waals surface area contributed by atoms with Crippen LogP contribution in [-0.2, 0) is 46.7 Å². The smallest absolute Gasteiger partial charge is 0.0771 e. The molecule has 6 heteroatoms. The molecule has 0 radical (unpaired) electrons. The Morgan fingerprint density at radius 3 is 0.875 bits per heavy atom. The first-order chi connectivity index (χ1) is 26.5. The van der Waals surface area contributed by atoms with E-state index in [0.29, 0.717) is 0 Å². The van der Waals surface area contributed by atoms with Gasteiger partial charge in [-0.1, -0.05) is 72.8 Å². The molecule has 0 saturated heterocycles. The Kier molecular flexibility index (Phi) is 22.5. The average Bonchev–Trinajstić information content (AvgIpc) is 4.08. The largest absolute Gasteiger partial charge is 1.00 e. The van der Waals surface area contributed by atoms with Gasteiger partial charge in [0, 0.05) is 0 Å². The Bertz CT molecular complexity index is 2210. The van der Waals surface area contributed by atoms with Crippen molar-refractivity contribution in [2.75, 3.05) is 0 Å². The summed E-state index contributed by atoms with van der Waals surface area (Å²) in [5.74, 6) is 0. The first-order valence-electron chi connectivity index (χ1n) is 18.2. The SMILES string of the molecule is C[Si](=[Zr+2])c1ccccc1.C[Si](=[Zr+2])c1ccccc1.[C-]1=CC=CC1.[C-]1=CC=CC1.[Cl-].[Cl-].c1ccc2c(c1)[cH-]c1ccccc12.c1ccc2c(c1)[cH-]c1ccccc12. The van der Waals surface area contributed by atoms with E-state index < -0.39 is 0 Å². The zero-order valence-corrected chi connectivity index (χ0v) is 40.2. The van der Waals surface area contributed by atoms with Gasteiger partial charge in [0.1, 0.15) is 0 Å². The maximum atomic E-state index is 2.99. The predicted octanol–water partition coefficient (Wildman–Crippen LogP) is 6.17. The molecular formula is C50H44Cl2Si2Zr2-2. The molecule has 0 spiro atoms. The van der Waals surface area contributed by atoms with Gasteiger partial charge in [-0.15, -0.1) is 92.3 Å². The van der Waals surface area contributed by atoms with Gasteiger partial charge in [0.2, 0.25) is 0 Å². The molecule has 0 amide bonds. The van der Waals surface area contributed by atoms with Crippen LogP contribution in [-0.4, -0.2) is 10.9 Å². The van der Waals surface area contributed by atoms with E-state index >= 15 is 0 Å². The summed E-state index contributed by atoms with van der Waals surface area (Å²) in [6.07, 6.45) is 20.0. The maximum Gasteiger partial charge on any atom is -0.0771 e. The first kappa shape index (κ1) is 47.2. The van der Waals surface area contributed by atoms with Crippen LogP contribution in [0.15, 0.2) is 206 Å². The summed E-state index contributed by atoms with van der Waals surface area (Å²) in [7, 11) is 0. The minimum Gasteiger partial charge on any atom is -1.00 e. The molecule has 0 heterocycles. The second kappa shape index (κ2) is 26.7. The predicted molar refractivity (Wildman–Crippen MR) is 233 cm³/mol. The number of fused-ring (bicyclic) bond motifs is 6. The summed E-state index contributed by atoms with van der Waals surface area (Å²) >= 11 is 3.38. The average molecular weight is 954 g/mol. The van der Waals surface area contributed by atoms with Crippen LogP contribution in [0.4, 0.5) is 0 Å². The van der Waals surface area contributed by atoms with Crippen molar-refractivity contribution in [3.8, 4) is 0 Å². The van der Waals surface area contributed by atoms with E-state index in [1.807, 2.05) is 24.3 Å². The fourth-order valence-corrected chi connectivity index (χ4v) is 9.71. The van der Waals surface area contributed by atoms with Crippen LogP contribution >= 0.6 is 0 Å². The van der Waals surface area contributed by atoms with Crippen molar-refractivity contribution in [1.82, 2.24) is 0 Å². The van der Waals surface area contributed by atoms with E-state index in [1.165, 1.54) is 43.1 Å². The molecule has 0 aromatic heterocycles. The minimum absolute atomic E-state index is 0. The summed E-state index contributed by atoms with van der Waals surface area (Å²) in [5.41, 5.74) is -0.244.